The van der Waals surface area contributed by atoms with E-state index in [2.05, 4.69) is 15.3 Å². The number of guanidine groups is 1. The van der Waals surface area contributed by atoms with Crippen molar-refractivity contribution in [3.63, 3.8) is 0 Å². The number of aliphatic imine (C=N–C) groups is 1. The van der Waals surface area contributed by atoms with Gasteiger partial charge in [-0.1, -0.05) is 41.4 Å². The van der Waals surface area contributed by atoms with E-state index in [1.807, 2.05) is 0 Å². The summed E-state index contributed by atoms with van der Waals surface area (Å²) in [4.78, 5) is 22.8. The molecule has 1 aromatic heterocycles. The molecule has 0 fully saturated rings. The molecule has 1 aliphatic rings. The number of carbonyl (C=O) groups excluding carboxylic acids is 1. The van der Waals surface area contributed by atoms with E-state index in [9.17, 15) is 18.0 Å². The van der Waals surface area contributed by atoms with Crippen LogP contribution in [0.25, 0.3) is 10.9 Å². The van der Waals surface area contributed by atoms with Gasteiger partial charge in [-0.05, 0) is 30.3 Å². The van der Waals surface area contributed by atoms with Gasteiger partial charge in [0.2, 0.25) is 5.96 Å². The average Bonchev–Trinajstić information content (AvgIpc) is 3.17. The van der Waals surface area contributed by atoms with Crippen LogP contribution in [0, 0.1) is 0 Å². The number of aromatic nitrogens is 1. The smallest absolute Gasteiger partial charge is 0.323 e. The molecule has 2 aromatic carbocycles. The third-order valence-electron chi connectivity index (χ3n) is 4.52. The van der Waals surface area contributed by atoms with E-state index in [-0.39, 0.29) is 23.7 Å². The summed E-state index contributed by atoms with van der Waals surface area (Å²) in [5.74, 6) is -0.262. The molecule has 2 heterocycles. The monoisotopic (exact) mass is 452 g/mol. The normalized spacial score (nSPS) is 14.2. The number of hydrogen-bond donors (Lipinski definition) is 1. The minimum Gasteiger partial charge on any atom is -0.323 e. The van der Waals surface area contributed by atoms with Crippen molar-refractivity contribution in [3.8, 4) is 0 Å². The van der Waals surface area contributed by atoms with E-state index in [1.54, 1.807) is 24.3 Å². The number of rotatable bonds is 2. The highest BCUT2D eigenvalue weighted by Gasteiger charge is 2.31. The average molecular weight is 453 g/mol. The summed E-state index contributed by atoms with van der Waals surface area (Å²) >= 11 is 12.3. The Balaban J connectivity index is 1.63. The van der Waals surface area contributed by atoms with Gasteiger partial charge in [-0.25, -0.2) is 4.98 Å². The summed E-state index contributed by atoms with van der Waals surface area (Å²) in [5.41, 5.74) is -0.343. The molecule has 1 N–H and O–H groups in total. The third kappa shape index (κ3) is 3.93. The summed E-state index contributed by atoms with van der Waals surface area (Å²) in [6, 6.07) is 11.2. The maximum atomic E-state index is 13.0. The number of hydrogen-bond acceptors (Lipinski definition) is 4. The Labute approximate surface area is 179 Å². The van der Waals surface area contributed by atoms with Gasteiger partial charge in [0.25, 0.3) is 5.91 Å². The van der Waals surface area contributed by atoms with Crippen LogP contribution in [0.1, 0.15) is 16.1 Å². The molecule has 0 radical (unpaired) electrons. The minimum atomic E-state index is -4.50. The van der Waals surface area contributed by atoms with Crippen molar-refractivity contribution in [3.05, 3.63) is 69.8 Å². The van der Waals surface area contributed by atoms with Crippen molar-refractivity contribution >= 4 is 51.7 Å². The summed E-state index contributed by atoms with van der Waals surface area (Å²) in [5, 5.41) is 4.16. The van der Waals surface area contributed by atoms with Crippen molar-refractivity contribution < 1.29 is 18.0 Å². The number of anilines is 1. The van der Waals surface area contributed by atoms with E-state index >= 15 is 0 Å². The van der Waals surface area contributed by atoms with Gasteiger partial charge in [0.05, 0.1) is 33.4 Å². The maximum absolute atomic E-state index is 13.0. The highest BCUT2D eigenvalue weighted by molar-refractivity contribution is 6.40. The van der Waals surface area contributed by atoms with Gasteiger partial charge < -0.3 is 5.32 Å². The van der Waals surface area contributed by atoms with Gasteiger partial charge in [0, 0.05) is 11.9 Å². The molecule has 30 heavy (non-hydrogen) atoms. The van der Waals surface area contributed by atoms with Crippen LogP contribution < -0.4 is 5.32 Å². The van der Waals surface area contributed by atoms with E-state index in [1.165, 1.54) is 17.0 Å². The number of pyridine rings is 1. The van der Waals surface area contributed by atoms with Crippen LogP contribution in [0.15, 0.2) is 53.5 Å². The topological polar surface area (TPSA) is 57.6 Å². The lowest BCUT2D eigenvalue weighted by Crippen LogP contribution is -2.38. The number of benzene rings is 2. The molecule has 0 spiro atoms. The van der Waals surface area contributed by atoms with Crippen LogP contribution in [-0.2, 0) is 6.18 Å². The van der Waals surface area contributed by atoms with Gasteiger partial charge >= 0.3 is 6.18 Å². The van der Waals surface area contributed by atoms with Crippen LogP contribution in [0.3, 0.4) is 0 Å². The highest BCUT2D eigenvalue weighted by atomic mass is 35.5. The molecule has 1 amide bonds. The van der Waals surface area contributed by atoms with Gasteiger partial charge in [-0.15, -0.1) is 0 Å². The number of alkyl halides is 3. The maximum Gasteiger partial charge on any atom is 0.416 e. The molecule has 4 rings (SSSR count). The van der Waals surface area contributed by atoms with Gasteiger partial charge in [0.1, 0.15) is 5.69 Å². The zero-order chi connectivity index (χ0) is 21.5. The SMILES string of the molecule is O=C(c1ccc2ccc(C(F)(F)F)cc2n1)N1CCN=C1Nc1c(Cl)cccc1Cl. The standard InChI is InChI=1S/C20H13Cl2F3N4O/c21-13-2-1-3-14(22)17(13)28-19-26-8-9-29(19)18(30)15-7-5-11-4-6-12(20(23,24)25)10-16(11)27-15/h1-7,10H,8-9H2,(H,26,28). The lowest BCUT2D eigenvalue weighted by atomic mass is 10.1. The zero-order valence-electron chi connectivity index (χ0n) is 15.2. The number of amides is 1. The van der Waals surface area contributed by atoms with Crippen LogP contribution in [-0.4, -0.2) is 34.8 Å². The van der Waals surface area contributed by atoms with Crippen LogP contribution in [0.4, 0.5) is 18.9 Å². The van der Waals surface area contributed by atoms with Crippen molar-refractivity contribution in [2.24, 2.45) is 4.99 Å². The Bertz CT molecular complexity index is 1160. The van der Waals surface area contributed by atoms with Gasteiger partial charge in [-0.2, -0.15) is 13.2 Å². The Morgan fingerprint density at radius 3 is 2.47 bits per heavy atom. The number of para-hydroxylation sites is 1. The van der Waals surface area contributed by atoms with Gasteiger partial charge in [-0.3, -0.25) is 14.7 Å². The summed E-state index contributed by atoms with van der Waals surface area (Å²) in [7, 11) is 0. The molecule has 0 unspecified atom stereocenters. The number of nitrogens with one attached hydrogen (secondary N) is 1. The molecule has 5 nitrogen and oxygen atoms in total. The first-order valence-electron chi connectivity index (χ1n) is 8.79. The predicted octanol–water partition coefficient (Wildman–Crippen LogP) is 5.48. The number of fused-ring (bicyclic) bond motifs is 1. The van der Waals surface area contributed by atoms with Crippen LogP contribution in [0.5, 0.6) is 0 Å². The molecule has 1 aliphatic heterocycles. The quantitative estimate of drug-likeness (QED) is 0.559. The minimum absolute atomic E-state index is 0.00322. The molecule has 10 heteroatoms. The Morgan fingerprint density at radius 1 is 1.07 bits per heavy atom. The predicted molar refractivity (Wildman–Crippen MR) is 110 cm³/mol. The van der Waals surface area contributed by atoms with E-state index in [0.717, 1.165) is 12.1 Å². The Hall–Kier alpha value is -2.84. The van der Waals surface area contributed by atoms with Crippen LogP contribution in [0.2, 0.25) is 10.0 Å². The first-order chi connectivity index (χ1) is 14.2. The van der Waals surface area contributed by atoms with E-state index < -0.39 is 17.6 Å². The molecule has 0 saturated heterocycles. The first kappa shape index (κ1) is 20.4. The van der Waals surface area contributed by atoms with Crippen molar-refractivity contribution in [2.75, 3.05) is 18.4 Å². The lowest BCUT2D eigenvalue weighted by Gasteiger charge is -2.20. The fraction of sp³-hybridized carbons (Fsp3) is 0.150. The summed E-state index contributed by atoms with van der Waals surface area (Å²) < 4.78 is 39.0. The van der Waals surface area contributed by atoms with E-state index in [0.29, 0.717) is 27.7 Å². The second kappa shape index (κ2) is 7.77. The molecular formula is C20H13Cl2F3N4O. The molecule has 154 valence electrons. The van der Waals surface area contributed by atoms with Crippen molar-refractivity contribution in [1.82, 2.24) is 9.88 Å². The highest BCUT2D eigenvalue weighted by Crippen LogP contribution is 2.32. The molecule has 0 saturated carbocycles. The molecule has 0 bridgehead atoms. The first-order valence-corrected chi connectivity index (χ1v) is 9.55. The second-order valence-corrected chi connectivity index (χ2v) is 7.30. The molecular weight excluding hydrogens is 440 g/mol. The molecule has 3 aromatic rings. The zero-order valence-corrected chi connectivity index (χ0v) is 16.7. The van der Waals surface area contributed by atoms with Gasteiger partial charge in [0.15, 0.2) is 0 Å². The summed E-state index contributed by atoms with van der Waals surface area (Å²) in [6.45, 7) is 0.632. The fourth-order valence-corrected chi connectivity index (χ4v) is 3.52. The van der Waals surface area contributed by atoms with E-state index in [4.69, 9.17) is 23.2 Å². The third-order valence-corrected chi connectivity index (χ3v) is 5.15. The number of carbonyl (C=O) groups is 1. The second-order valence-electron chi connectivity index (χ2n) is 6.49. The Kier molecular flexibility index (Phi) is 5.29. The molecule has 0 atom stereocenters. The fourth-order valence-electron chi connectivity index (χ4n) is 3.03. The van der Waals surface area contributed by atoms with Crippen LogP contribution >= 0.6 is 23.2 Å². The van der Waals surface area contributed by atoms with Crippen molar-refractivity contribution in [2.45, 2.75) is 6.18 Å². The number of nitrogens with zero attached hydrogens (tertiary/aromatic N) is 3. The number of halogens is 5. The molecule has 0 aliphatic carbocycles. The summed E-state index contributed by atoms with van der Waals surface area (Å²) in [6.07, 6.45) is -4.50. The Morgan fingerprint density at radius 2 is 1.77 bits per heavy atom. The largest absolute Gasteiger partial charge is 0.416 e. The van der Waals surface area contributed by atoms with Crippen molar-refractivity contribution in [1.29, 1.82) is 0 Å². The lowest BCUT2D eigenvalue weighted by molar-refractivity contribution is -0.137.